The van der Waals surface area contributed by atoms with E-state index >= 15 is 0 Å². The standard InChI is InChI=1S/C20H28FN3O3/c1-22(2)20(25)24-10-15-9-23(17-12-26-6-7-27-13-17)11-18(15)19(24)14-4-3-5-16(21)8-14/h3-5,8,15,17-19H,6-7,9-13H2,1-2H3/t15-,18-,19+/m1/s1. The lowest BCUT2D eigenvalue weighted by Gasteiger charge is -2.33. The van der Waals surface area contributed by atoms with Crippen LogP contribution in [-0.2, 0) is 9.47 Å². The molecule has 7 heteroatoms. The van der Waals surface area contributed by atoms with Gasteiger partial charge in [-0.2, -0.15) is 0 Å². The van der Waals surface area contributed by atoms with E-state index in [0.717, 1.165) is 18.7 Å². The zero-order chi connectivity index (χ0) is 19.0. The van der Waals surface area contributed by atoms with Crippen LogP contribution in [0.2, 0.25) is 0 Å². The van der Waals surface area contributed by atoms with Gasteiger partial charge in [0.2, 0.25) is 0 Å². The van der Waals surface area contributed by atoms with Crippen LogP contribution in [0, 0.1) is 17.7 Å². The average Bonchev–Trinajstić information content (AvgIpc) is 3.07. The summed E-state index contributed by atoms with van der Waals surface area (Å²) in [4.78, 5) is 18.7. The molecule has 0 saturated carbocycles. The predicted octanol–water partition coefficient (Wildman–Crippen LogP) is 1.83. The monoisotopic (exact) mass is 377 g/mol. The summed E-state index contributed by atoms with van der Waals surface area (Å²) in [6.45, 7) is 5.16. The van der Waals surface area contributed by atoms with E-state index in [0.29, 0.717) is 44.8 Å². The number of benzene rings is 1. The van der Waals surface area contributed by atoms with Crippen molar-refractivity contribution in [3.63, 3.8) is 0 Å². The van der Waals surface area contributed by atoms with E-state index in [1.807, 2.05) is 11.0 Å². The van der Waals surface area contributed by atoms with Gasteiger partial charge in [0.1, 0.15) is 5.82 Å². The van der Waals surface area contributed by atoms with Crippen molar-refractivity contribution in [1.29, 1.82) is 0 Å². The minimum atomic E-state index is -0.256. The van der Waals surface area contributed by atoms with Crippen molar-refractivity contribution in [2.75, 3.05) is 60.2 Å². The van der Waals surface area contributed by atoms with Crippen LogP contribution >= 0.6 is 0 Å². The highest BCUT2D eigenvalue weighted by atomic mass is 19.1. The topological polar surface area (TPSA) is 45.3 Å². The number of fused-ring (bicyclic) bond motifs is 1. The van der Waals surface area contributed by atoms with Gasteiger partial charge in [-0.05, 0) is 23.6 Å². The molecule has 6 nitrogen and oxygen atoms in total. The lowest BCUT2D eigenvalue weighted by atomic mass is 9.89. The number of nitrogens with zero attached hydrogens (tertiary/aromatic N) is 3. The van der Waals surface area contributed by atoms with Crippen LogP contribution < -0.4 is 0 Å². The van der Waals surface area contributed by atoms with E-state index in [4.69, 9.17) is 9.47 Å². The summed E-state index contributed by atoms with van der Waals surface area (Å²) in [5.74, 6) is 0.415. The van der Waals surface area contributed by atoms with E-state index in [1.54, 1.807) is 31.1 Å². The van der Waals surface area contributed by atoms with Crippen LogP contribution in [0.1, 0.15) is 11.6 Å². The molecule has 0 spiro atoms. The van der Waals surface area contributed by atoms with Gasteiger partial charge < -0.3 is 19.3 Å². The smallest absolute Gasteiger partial charge is 0.320 e. The summed E-state index contributed by atoms with van der Waals surface area (Å²) >= 11 is 0. The molecule has 1 aromatic rings. The highest BCUT2D eigenvalue weighted by molar-refractivity contribution is 5.75. The first kappa shape index (κ1) is 18.7. The summed E-state index contributed by atoms with van der Waals surface area (Å²) in [6, 6.07) is 6.84. The number of carbonyl (C=O) groups is 1. The van der Waals surface area contributed by atoms with Gasteiger partial charge in [0.15, 0.2) is 0 Å². The SMILES string of the molecule is CN(C)C(=O)N1C[C@H]2CN(C3COCCOC3)C[C@H]2[C@@H]1c1cccc(F)c1. The Hall–Kier alpha value is -1.70. The zero-order valence-corrected chi connectivity index (χ0v) is 16.0. The van der Waals surface area contributed by atoms with Crippen molar-refractivity contribution in [1.82, 2.24) is 14.7 Å². The van der Waals surface area contributed by atoms with Gasteiger partial charge in [-0.15, -0.1) is 0 Å². The molecule has 4 rings (SSSR count). The lowest BCUT2D eigenvalue weighted by molar-refractivity contribution is 0.0746. The van der Waals surface area contributed by atoms with Crippen molar-refractivity contribution >= 4 is 6.03 Å². The van der Waals surface area contributed by atoms with Gasteiger partial charge >= 0.3 is 6.03 Å². The maximum Gasteiger partial charge on any atom is 0.320 e. The normalized spacial score (nSPS) is 29.6. The molecule has 0 bridgehead atoms. The Morgan fingerprint density at radius 3 is 2.56 bits per heavy atom. The fourth-order valence-corrected chi connectivity index (χ4v) is 4.76. The third-order valence-corrected chi connectivity index (χ3v) is 6.02. The predicted molar refractivity (Wildman–Crippen MR) is 98.9 cm³/mol. The molecule has 3 heterocycles. The number of ether oxygens (including phenoxy) is 2. The quantitative estimate of drug-likeness (QED) is 0.789. The highest BCUT2D eigenvalue weighted by Crippen LogP contribution is 2.45. The van der Waals surface area contributed by atoms with E-state index in [2.05, 4.69) is 4.90 Å². The van der Waals surface area contributed by atoms with E-state index in [-0.39, 0.29) is 23.9 Å². The summed E-state index contributed by atoms with van der Waals surface area (Å²) < 4.78 is 25.3. The summed E-state index contributed by atoms with van der Waals surface area (Å²) in [5, 5.41) is 0. The molecule has 0 N–H and O–H groups in total. The number of hydrogen-bond donors (Lipinski definition) is 0. The van der Waals surface area contributed by atoms with Gasteiger partial charge in [-0.1, -0.05) is 12.1 Å². The molecule has 3 saturated heterocycles. The molecule has 3 fully saturated rings. The molecule has 3 aliphatic rings. The van der Waals surface area contributed by atoms with Gasteiger partial charge in [-0.25, -0.2) is 9.18 Å². The van der Waals surface area contributed by atoms with Crippen LogP contribution in [0.25, 0.3) is 0 Å². The second-order valence-corrected chi connectivity index (χ2v) is 8.01. The van der Waals surface area contributed by atoms with E-state index < -0.39 is 0 Å². The Morgan fingerprint density at radius 2 is 1.89 bits per heavy atom. The number of likely N-dealkylation sites (tertiary alicyclic amines) is 2. The molecule has 27 heavy (non-hydrogen) atoms. The molecule has 0 radical (unpaired) electrons. The number of hydrogen-bond acceptors (Lipinski definition) is 4. The summed E-state index contributed by atoms with van der Waals surface area (Å²) in [7, 11) is 3.54. The first-order valence-electron chi connectivity index (χ1n) is 9.67. The number of rotatable bonds is 2. The molecule has 0 unspecified atom stereocenters. The summed E-state index contributed by atoms with van der Waals surface area (Å²) in [6.07, 6.45) is 0. The Bertz CT molecular complexity index is 678. The van der Waals surface area contributed by atoms with Gasteiger partial charge in [0.05, 0.1) is 38.5 Å². The Balaban J connectivity index is 1.58. The van der Waals surface area contributed by atoms with Crippen LogP contribution in [0.15, 0.2) is 24.3 Å². The molecule has 3 atom stereocenters. The third kappa shape index (κ3) is 3.68. The van der Waals surface area contributed by atoms with Crippen molar-refractivity contribution in [3.8, 4) is 0 Å². The first-order valence-corrected chi connectivity index (χ1v) is 9.67. The van der Waals surface area contributed by atoms with Gasteiger partial charge in [-0.3, -0.25) is 4.90 Å². The number of halogens is 1. The Morgan fingerprint density at radius 1 is 1.15 bits per heavy atom. The van der Waals surface area contributed by atoms with Crippen molar-refractivity contribution < 1.29 is 18.7 Å². The second kappa shape index (κ2) is 7.73. The molecule has 3 aliphatic heterocycles. The lowest BCUT2D eigenvalue weighted by Crippen LogP contribution is -2.44. The van der Waals surface area contributed by atoms with Crippen LogP contribution in [-0.4, -0.2) is 86.9 Å². The average molecular weight is 377 g/mol. The van der Waals surface area contributed by atoms with Crippen molar-refractivity contribution in [3.05, 3.63) is 35.6 Å². The summed E-state index contributed by atoms with van der Waals surface area (Å²) in [5.41, 5.74) is 0.882. The van der Waals surface area contributed by atoms with Gasteiger partial charge in [0, 0.05) is 39.6 Å². The number of amides is 2. The molecular weight excluding hydrogens is 349 g/mol. The largest absolute Gasteiger partial charge is 0.377 e. The second-order valence-electron chi connectivity index (χ2n) is 8.01. The number of urea groups is 1. The fraction of sp³-hybridized carbons (Fsp3) is 0.650. The fourth-order valence-electron chi connectivity index (χ4n) is 4.76. The van der Waals surface area contributed by atoms with Crippen LogP contribution in [0.4, 0.5) is 9.18 Å². The van der Waals surface area contributed by atoms with Crippen LogP contribution in [0.3, 0.4) is 0 Å². The zero-order valence-electron chi connectivity index (χ0n) is 16.0. The van der Waals surface area contributed by atoms with Crippen molar-refractivity contribution in [2.24, 2.45) is 11.8 Å². The molecule has 1 aromatic carbocycles. The van der Waals surface area contributed by atoms with Gasteiger partial charge in [0.25, 0.3) is 0 Å². The molecule has 0 aromatic heterocycles. The molecule has 148 valence electrons. The van der Waals surface area contributed by atoms with Crippen molar-refractivity contribution in [2.45, 2.75) is 12.1 Å². The molecular formula is C20H28FN3O3. The maximum atomic E-state index is 13.9. The third-order valence-electron chi connectivity index (χ3n) is 6.02. The minimum Gasteiger partial charge on any atom is -0.377 e. The molecule has 0 aliphatic carbocycles. The van der Waals surface area contributed by atoms with Crippen LogP contribution in [0.5, 0.6) is 0 Å². The Kier molecular flexibility index (Phi) is 5.34. The van der Waals surface area contributed by atoms with E-state index in [9.17, 15) is 9.18 Å². The number of carbonyl (C=O) groups excluding carboxylic acids is 1. The van der Waals surface area contributed by atoms with E-state index in [1.165, 1.54) is 6.07 Å². The maximum absolute atomic E-state index is 13.9. The molecule has 2 amide bonds. The first-order chi connectivity index (χ1) is 13.0. The Labute approximate surface area is 159 Å². The minimum absolute atomic E-state index is 0.00801. The highest BCUT2D eigenvalue weighted by Gasteiger charge is 2.50.